The van der Waals surface area contributed by atoms with Gasteiger partial charge in [0.15, 0.2) is 0 Å². The van der Waals surface area contributed by atoms with E-state index in [2.05, 4.69) is 41.4 Å². The van der Waals surface area contributed by atoms with Gasteiger partial charge in [-0.25, -0.2) is 9.97 Å². The molecule has 1 aromatic rings. The molecule has 18 heavy (non-hydrogen) atoms. The fourth-order valence-electron chi connectivity index (χ4n) is 2.58. The Bertz CT molecular complexity index is 415. The molecule has 0 amide bonds. The molecule has 1 heterocycles. The largest absolute Gasteiger partial charge is 0.236 e. The predicted molar refractivity (Wildman–Crippen MR) is 84.1 cm³/mol. The summed E-state index contributed by atoms with van der Waals surface area (Å²) in [4.78, 5) is 9.28. The number of aromatic nitrogens is 2. The molecular formula is C14H20ClIN2. The summed E-state index contributed by atoms with van der Waals surface area (Å²) in [6.07, 6.45) is 7.11. The monoisotopic (exact) mass is 378 g/mol. The Kier molecular flexibility index (Phi) is 5.24. The molecule has 1 saturated carbocycles. The van der Waals surface area contributed by atoms with E-state index in [9.17, 15) is 0 Å². The molecule has 0 aromatic carbocycles. The van der Waals surface area contributed by atoms with Crippen LogP contribution in [0.1, 0.15) is 63.4 Å². The van der Waals surface area contributed by atoms with Crippen molar-refractivity contribution < 1.29 is 0 Å². The molecule has 0 spiro atoms. The van der Waals surface area contributed by atoms with Crippen molar-refractivity contribution in [3.8, 4) is 0 Å². The second kappa shape index (κ2) is 6.51. The van der Waals surface area contributed by atoms with Gasteiger partial charge in [-0.2, -0.15) is 0 Å². The third-order valence-electron chi connectivity index (χ3n) is 3.76. The Labute approximate surface area is 128 Å². The van der Waals surface area contributed by atoms with Crippen LogP contribution in [-0.4, -0.2) is 9.97 Å². The highest BCUT2D eigenvalue weighted by atomic mass is 127. The normalized spacial score (nSPS) is 24.2. The quantitative estimate of drug-likeness (QED) is 0.547. The van der Waals surface area contributed by atoms with Crippen LogP contribution < -0.4 is 0 Å². The minimum absolute atomic E-state index is 0.520. The number of aryl methyl sites for hydroxylation is 1. The van der Waals surface area contributed by atoms with Crippen LogP contribution in [0.2, 0.25) is 5.15 Å². The molecule has 0 aliphatic heterocycles. The second-order valence-electron chi connectivity index (χ2n) is 5.34. The minimum Gasteiger partial charge on any atom is -0.236 e. The van der Waals surface area contributed by atoms with E-state index in [0.29, 0.717) is 11.1 Å². The van der Waals surface area contributed by atoms with E-state index in [1.54, 1.807) is 0 Å². The third kappa shape index (κ3) is 3.35. The minimum atomic E-state index is 0.520. The van der Waals surface area contributed by atoms with Gasteiger partial charge in [-0.1, -0.05) is 44.7 Å². The molecule has 100 valence electrons. The molecule has 1 fully saturated rings. The van der Waals surface area contributed by atoms with Gasteiger partial charge in [0.05, 0.1) is 9.26 Å². The van der Waals surface area contributed by atoms with E-state index in [-0.39, 0.29) is 0 Å². The van der Waals surface area contributed by atoms with Crippen molar-refractivity contribution in [2.75, 3.05) is 0 Å². The maximum Gasteiger partial charge on any atom is 0.146 e. The topological polar surface area (TPSA) is 25.8 Å². The average Bonchev–Trinajstić information content (AvgIpc) is 2.36. The highest BCUT2D eigenvalue weighted by Gasteiger charge is 2.23. The van der Waals surface area contributed by atoms with Crippen LogP contribution in [0.4, 0.5) is 0 Å². The van der Waals surface area contributed by atoms with E-state index in [1.165, 1.54) is 25.7 Å². The first kappa shape index (κ1) is 14.5. The van der Waals surface area contributed by atoms with Gasteiger partial charge in [0, 0.05) is 5.92 Å². The zero-order valence-electron chi connectivity index (χ0n) is 11.0. The van der Waals surface area contributed by atoms with Gasteiger partial charge in [0.1, 0.15) is 11.0 Å². The summed E-state index contributed by atoms with van der Waals surface area (Å²) < 4.78 is 1.03. The molecule has 0 radical (unpaired) electrons. The van der Waals surface area contributed by atoms with Crippen molar-refractivity contribution in [1.82, 2.24) is 9.97 Å². The van der Waals surface area contributed by atoms with Gasteiger partial charge in [0.25, 0.3) is 0 Å². The lowest BCUT2D eigenvalue weighted by atomic mass is 9.82. The van der Waals surface area contributed by atoms with Crippen molar-refractivity contribution in [1.29, 1.82) is 0 Å². The summed E-state index contributed by atoms with van der Waals surface area (Å²) in [7, 11) is 0. The van der Waals surface area contributed by atoms with Crippen LogP contribution in [-0.2, 0) is 6.42 Å². The Morgan fingerprint density at radius 2 is 1.89 bits per heavy atom. The summed E-state index contributed by atoms with van der Waals surface area (Å²) in [5, 5.41) is 0.641. The molecule has 2 rings (SSSR count). The second-order valence-corrected chi connectivity index (χ2v) is 6.78. The number of hydrogen-bond acceptors (Lipinski definition) is 2. The number of rotatable bonds is 3. The van der Waals surface area contributed by atoms with E-state index < -0.39 is 0 Å². The molecule has 1 aromatic heterocycles. The number of halogens is 2. The maximum atomic E-state index is 6.24. The molecular weight excluding hydrogens is 359 g/mol. The molecule has 1 aliphatic rings. The Balaban J connectivity index is 2.22. The molecule has 1 aliphatic carbocycles. The lowest BCUT2D eigenvalue weighted by molar-refractivity contribution is 0.339. The summed E-state index contributed by atoms with van der Waals surface area (Å²) in [5.74, 6) is 2.36. The Hall–Kier alpha value is 0.100. The standard InChI is InChI=1S/C14H20ClIN2/c1-3-4-11-12(16)13(15)18-14(17-11)10-7-5-9(2)6-8-10/h9-10H,3-8H2,1-2H3. The van der Waals surface area contributed by atoms with Crippen LogP contribution >= 0.6 is 34.2 Å². The van der Waals surface area contributed by atoms with Gasteiger partial charge in [0.2, 0.25) is 0 Å². The average molecular weight is 379 g/mol. The maximum absolute atomic E-state index is 6.24. The zero-order chi connectivity index (χ0) is 13.1. The van der Waals surface area contributed by atoms with Crippen LogP contribution in [0.25, 0.3) is 0 Å². The van der Waals surface area contributed by atoms with Crippen molar-refractivity contribution in [3.63, 3.8) is 0 Å². The Morgan fingerprint density at radius 1 is 1.22 bits per heavy atom. The lowest BCUT2D eigenvalue weighted by Gasteiger charge is -2.25. The molecule has 0 N–H and O–H groups in total. The van der Waals surface area contributed by atoms with Crippen molar-refractivity contribution in [2.24, 2.45) is 5.92 Å². The van der Waals surface area contributed by atoms with Crippen molar-refractivity contribution in [3.05, 3.63) is 20.2 Å². The predicted octanol–water partition coefficient (Wildman–Crippen LogP) is 4.98. The van der Waals surface area contributed by atoms with Crippen molar-refractivity contribution >= 4 is 34.2 Å². The summed E-state index contributed by atoms with van der Waals surface area (Å²) >= 11 is 8.51. The zero-order valence-corrected chi connectivity index (χ0v) is 14.0. The van der Waals surface area contributed by atoms with Crippen LogP contribution in [0, 0.1) is 9.49 Å². The van der Waals surface area contributed by atoms with Gasteiger partial charge in [-0.15, -0.1) is 0 Å². The fraction of sp³-hybridized carbons (Fsp3) is 0.714. The van der Waals surface area contributed by atoms with Crippen LogP contribution in [0.3, 0.4) is 0 Å². The first-order valence-electron chi connectivity index (χ1n) is 6.83. The SMILES string of the molecule is CCCc1nc(C2CCC(C)CC2)nc(Cl)c1I. The number of hydrogen-bond donors (Lipinski definition) is 0. The van der Waals surface area contributed by atoms with Crippen LogP contribution in [0.15, 0.2) is 0 Å². The van der Waals surface area contributed by atoms with E-state index in [0.717, 1.165) is 33.8 Å². The van der Waals surface area contributed by atoms with E-state index >= 15 is 0 Å². The summed E-state index contributed by atoms with van der Waals surface area (Å²) in [6.45, 7) is 4.51. The van der Waals surface area contributed by atoms with Gasteiger partial charge in [-0.3, -0.25) is 0 Å². The smallest absolute Gasteiger partial charge is 0.146 e. The first-order valence-corrected chi connectivity index (χ1v) is 8.29. The first-order chi connectivity index (χ1) is 8.61. The molecule has 0 saturated heterocycles. The van der Waals surface area contributed by atoms with Crippen LogP contribution in [0.5, 0.6) is 0 Å². The highest BCUT2D eigenvalue weighted by molar-refractivity contribution is 14.1. The fourth-order valence-corrected chi connectivity index (χ4v) is 3.29. The van der Waals surface area contributed by atoms with Gasteiger partial charge in [-0.05, 0) is 47.8 Å². The van der Waals surface area contributed by atoms with E-state index in [4.69, 9.17) is 16.6 Å². The summed E-state index contributed by atoms with van der Waals surface area (Å²) in [6, 6.07) is 0. The van der Waals surface area contributed by atoms with Gasteiger partial charge < -0.3 is 0 Å². The third-order valence-corrected chi connectivity index (χ3v) is 5.49. The Morgan fingerprint density at radius 3 is 2.50 bits per heavy atom. The molecule has 0 bridgehead atoms. The van der Waals surface area contributed by atoms with E-state index in [1.807, 2.05) is 0 Å². The molecule has 4 heteroatoms. The molecule has 2 nitrogen and oxygen atoms in total. The number of nitrogens with zero attached hydrogens (tertiary/aromatic N) is 2. The lowest BCUT2D eigenvalue weighted by Crippen LogP contribution is -2.15. The van der Waals surface area contributed by atoms with Crippen molar-refractivity contribution in [2.45, 2.75) is 58.3 Å². The molecule has 0 unspecified atom stereocenters. The highest BCUT2D eigenvalue weighted by Crippen LogP contribution is 2.35. The van der Waals surface area contributed by atoms with Gasteiger partial charge >= 0.3 is 0 Å². The molecule has 0 atom stereocenters. The summed E-state index contributed by atoms with van der Waals surface area (Å²) in [5.41, 5.74) is 1.13.